The first kappa shape index (κ1) is 25.2. The van der Waals surface area contributed by atoms with Gasteiger partial charge in [-0.05, 0) is 61.4 Å². The van der Waals surface area contributed by atoms with E-state index in [1.165, 1.54) is 11.1 Å². The molecule has 1 aliphatic rings. The minimum absolute atomic E-state index is 0.142. The third-order valence-electron chi connectivity index (χ3n) is 6.64. The van der Waals surface area contributed by atoms with Crippen LogP contribution in [-0.4, -0.2) is 36.4 Å². The molecule has 2 aromatic heterocycles. The largest absolute Gasteiger partial charge is 0.456 e. The maximum Gasteiger partial charge on any atom is 0.291 e. The Hall–Kier alpha value is -4.43. The number of rotatable bonds is 7. The van der Waals surface area contributed by atoms with Gasteiger partial charge in [-0.3, -0.25) is 14.6 Å². The lowest BCUT2D eigenvalue weighted by atomic mass is 10.0. The zero-order valence-corrected chi connectivity index (χ0v) is 21.5. The average Bonchev–Trinajstić information content (AvgIpc) is 3.39. The first-order chi connectivity index (χ1) is 18.5. The summed E-state index contributed by atoms with van der Waals surface area (Å²) in [5.74, 6) is 0.278. The number of hydrogen-bond acceptors (Lipinski definition) is 6. The number of furan rings is 1. The van der Waals surface area contributed by atoms with Crippen LogP contribution in [0, 0.1) is 13.8 Å². The number of nitrogens with one attached hydrogen (secondary N) is 3. The van der Waals surface area contributed by atoms with Crippen LogP contribution in [0.5, 0.6) is 0 Å². The number of carbonyl (C=O) groups is 2. The summed E-state index contributed by atoms with van der Waals surface area (Å²) < 4.78 is 5.53. The van der Waals surface area contributed by atoms with Gasteiger partial charge < -0.3 is 25.3 Å². The minimum Gasteiger partial charge on any atom is -0.456 e. The minimum atomic E-state index is -0.363. The summed E-state index contributed by atoms with van der Waals surface area (Å²) in [5.41, 5.74) is 5.20. The molecule has 3 heterocycles. The number of amides is 2. The molecule has 1 atom stereocenters. The van der Waals surface area contributed by atoms with Gasteiger partial charge in [0, 0.05) is 50.2 Å². The SMILES string of the molecule is Cc1ccc(C2CN(c3ccc(C(=O)NCc4cccnc4)cc3NC(=O)c3ccc(C)o3)CCN2)cc1. The van der Waals surface area contributed by atoms with Crippen LogP contribution < -0.4 is 20.9 Å². The summed E-state index contributed by atoms with van der Waals surface area (Å²) in [6.45, 7) is 6.50. The van der Waals surface area contributed by atoms with E-state index in [-0.39, 0.29) is 23.6 Å². The third kappa shape index (κ3) is 5.92. The molecule has 2 amide bonds. The zero-order chi connectivity index (χ0) is 26.5. The Kier molecular flexibility index (Phi) is 7.51. The van der Waals surface area contributed by atoms with Crippen molar-refractivity contribution in [1.82, 2.24) is 15.6 Å². The molecule has 1 aliphatic heterocycles. The van der Waals surface area contributed by atoms with Crippen molar-refractivity contribution in [1.29, 1.82) is 0 Å². The summed E-state index contributed by atoms with van der Waals surface area (Å²) in [5, 5.41) is 9.51. The molecule has 1 saturated heterocycles. The summed E-state index contributed by atoms with van der Waals surface area (Å²) in [6, 6.07) is 21.2. The standard InChI is InChI=1S/C30H31N5O3/c1-20-5-8-23(9-6-20)26-19-35(15-14-32-26)27-11-10-24(29(36)33-18-22-4-3-13-31-17-22)16-25(27)34-30(37)28-12-7-21(2)38-28/h3-13,16-17,26,32H,14-15,18-19H2,1-2H3,(H,33,36)(H,34,37). The van der Waals surface area contributed by atoms with E-state index >= 15 is 0 Å². The number of benzene rings is 2. The fourth-order valence-corrected chi connectivity index (χ4v) is 4.57. The van der Waals surface area contributed by atoms with Crippen LogP contribution >= 0.6 is 0 Å². The Balaban J connectivity index is 1.40. The van der Waals surface area contributed by atoms with Crippen LogP contribution in [0.3, 0.4) is 0 Å². The molecular formula is C30H31N5O3. The van der Waals surface area contributed by atoms with Crippen LogP contribution in [0.25, 0.3) is 0 Å². The highest BCUT2D eigenvalue weighted by atomic mass is 16.3. The molecule has 3 N–H and O–H groups in total. The number of aryl methyl sites for hydroxylation is 2. The molecule has 4 aromatic rings. The van der Waals surface area contributed by atoms with Crippen LogP contribution in [-0.2, 0) is 6.54 Å². The molecule has 0 saturated carbocycles. The first-order valence-corrected chi connectivity index (χ1v) is 12.7. The van der Waals surface area contributed by atoms with Gasteiger partial charge in [-0.25, -0.2) is 0 Å². The van der Waals surface area contributed by atoms with Crippen molar-refractivity contribution in [3.63, 3.8) is 0 Å². The van der Waals surface area contributed by atoms with E-state index in [1.54, 1.807) is 43.6 Å². The fourth-order valence-electron chi connectivity index (χ4n) is 4.57. The monoisotopic (exact) mass is 509 g/mol. The number of pyridine rings is 1. The van der Waals surface area contributed by atoms with Gasteiger partial charge in [0.15, 0.2) is 5.76 Å². The van der Waals surface area contributed by atoms with E-state index < -0.39 is 0 Å². The molecule has 1 unspecified atom stereocenters. The van der Waals surface area contributed by atoms with Crippen molar-refractivity contribution in [2.75, 3.05) is 29.9 Å². The van der Waals surface area contributed by atoms with Crippen LogP contribution in [0.15, 0.2) is 83.5 Å². The Morgan fingerprint density at radius 3 is 2.63 bits per heavy atom. The second kappa shape index (κ2) is 11.3. The zero-order valence-electron chi connectivity index (χ0n) is 21.5. The summed E-state index contributed by atoms with van der Waals surface area (Å²) >= 11 is 0. The number of aromatic nitrogens is 1. The topological polar surface area (TPSA) is 99.5 Å². The molecule has 0 bridgehead atoms. The van der Waals surface area contributed by atoms with Crippen molar-refractivity contribution in [3.05, 3.63) is 113 Å². The quantitative estimate of drug-likeness (QED) is 0.336. The van der Waals surface area contributed by atoms with E-state index in [1.807, 2.05) is 18.2 Å². The molecule has 194 valence electrons. The smallest absolute Gasteiger partial charge is 0.291 e. The van der Waals surface area contributed by atoms with Gasteiger partial charge in [0.1, 0.15) is 5.76 Å². The molecule has 0 spiro atoms. The predicted molar refractivity (Wildman–Crippen MR) is 147 cm³/mol. The highest BCUT2D eigenvalue weighted by molar-refractivity contribution is 6.05. The van der Waals surface area contributed by atoms with Crippen molar-refractivity contribution in [2.24, 2.45) is 0 Å². The van der Waals surface area contributed by atoms with Gasteiger partial charge in [0.25, 0.3) is 11.8 Å². The Labute approximate surface area is 222 Å². The van der Waals surface area contributed by atoms with Crippen LogP contribution in [0.1, 0.15) is 49.4 Å². The molecule has 2 aromatic carbocycles. The second-order valence-corrected chi connectivity index (χ2v) is 9.50. The van der Waals surface area contributed by atoms with E-state index in [9.17, 15) is 9.59 Å². The highest BCUT2D eigenvalue weighted by Crippen LogP contribution is 2.31. The summed E-state index contributed by atoms with van der Waals surface area (Å²) in [4.78, 5) is 32.4. The van der Waals surface area contributed by atoms with Gasteiger partial charge in [-0.15, -0.1) is 0 Å². The lowest BCUT2D eigenvalue weighted by molar-refractivity contribution is 0.0949. The van der Waals surface area contributed by atoms with Gasteiger partial charge in [0.05, 0.1) is 11.4 Å². The van der Waals surface area contributed by atoms with Crippen molar-refractivity contribution in [2.45, 2.75) is 26.4 Å². The van der Waals surface area contributed by atoms with Crippen molar-refractivity contribution >= 4 is 23.2 Å². The number of carbonyl (C=O) groups excluding carboxylic acids is 2. The molecular weight excluding hydrogens is 478 g/mol. The molecule has 0 aliphatic carbocycles. The van der Waals surface area contributed by atoms with Gasteiger partial charge in [-0.1, -0.05) is 35.9 Å². The number of piperazine rings is 1. The summed E-state index contributed by atoms with van der Waals surface area (Å²) in [7, 11) is 0. The van der Waals surface area contributed by atoms with E-state index in [0.717, 1.165) is 30.9 Å². The van der Waals surface area contributed by atoms with E-state index in [4.69, 9.17) is 4.42 Å². The third-order valence-corrected chi connectivity index (χ3v) is 6.64. The first-order valence-electron chi connectivity index (χ1n) is 12.7. The molecule has 38 heavy (non-hydrogen) atoms. The van der Waals surface area contributed by atoms with E-state index in [0.29, 0.717) is 23.6 Å². The maximum atomic E-state index is 13.0. The molecule has 1 fully saturated rings. The van der Waals surface area contributed by atoms with Gasteiger partial charge in [-0.2, -0.15) is 0 Å². The fraction of sp³-hybridized carbons (Fsp3) is 0.233. The number of anilines is 2. The van der Waals surface area contributed by atoms with Crippen molar-refractivity contribution in [3.8, 4) is 0 Å². The van der Waals surface area contributed by atoms with Gasteiger partial charge in [0.2, 0.25) is 0 Å². The Bertz CT molecular complexity index is 1420. The molecule has 8 nitrogen and oxygen atoms in total. The predicted octanol–water partition coefficient (Wildman–Crippen LogP) is 4.62. The van der Waals surface area contributed by atoms with Crippen LogP contribution in [0.2, 0.25) is 0 Å². The molecule has 5 rings (SSSR count). The lowest BCUT2D eigenvalue weighted by Gasteiger charge is -2.36. The average molecular weight is 510 g/mol. The van der Waals surface area contributed by atoms with E-state index in [2.05, 4.69) is 57.0 Å². The normalized spacial score (nSPS) is 15.2. The molecule has 0 radical (unpaired) electrons. The number of nitrogens with zero attached hydrogens (tertiary/aromatic N) is 2. The maximum absolute atomic E-state index is 13.0. The molecule has 8 heteroatoms. The van der Waals surface area contributed by atoms with Crippen LogP contribution in [0.4, 0.5) is 11.4 Å². The summed E-state index contributed by atoms with van der Waals surface area (Å²) in [6.07, 6.45) is 3.41. The lowest BCUT2D eigenvalue weighted by Crippen LogP contribution is -2.46. The Morgan fingerprint density at radius 1 is 1.05 bits per heavy atom. The van der Waals surface area contributed by atoms with Crippen molar-refractivity contribution < 1.29 is 14.0 Å². The highest BCUT2D eigenvalue weighted by Gasteiger charge is 2.24. The second-order valence-electron chi connectivity index (χ2n) is 9.50. The Morgan fingerprint density at radius 2 is 1.89 bits per heavy atom. The van der Waals surface area contributed by atoms with Gasteiger partial charge >= 0.3 is 0 Å². The number of hydrogen-bond donors (Lipinski definition) is 3.